The van der Waals surface area contributed by atoms with Gasteiger partial charge < -0.3 is 19.0 Å². The molecule has 0 saturated heterocycles. The predicted octanol–water partition coefficient (Wildman–Crippen LogP) is 2.80. The molecule has 1 fully saturated rings. The van der Waals surface area contributed by atoms with Crippen molar-refractivity contribution in [1.82, 2.24) is 19.6 Å². The molecule has 1 N–H and O–H groups in total. The highest BCUT2D eigenvalue weighted by Crippen LogP contribution is 2.28. The fourth-order valence-corrected chi connectivity index (χ4v) is 2.67. The summed E-state index contributed by atoms with van der Waals surface area (Å²) < 4.78 is 7.04. The quantitative estimate of drug-likeness (QED) is 0.788. The van der Waals surface area contributed by atoms with E-state index in [2.05, 4.69) is 10.3 Å². The lowest BCUT2D eigenvalue weighted by atomic mass is 10.3. The molecule has 0 aliphatic heterocycles. The number of nitrogens with zero attached hydrogens (tertiary/aromatic N) is 3. The first-order valence-electron chi connectivity index (χ1n) is 7.78. The van der Waals surface area contributed by atoms with E-state index < -0.39 is 0 Å². The number of furan rings is 1. The van der Waals surface area contributed by atoms with E-state index in [4.69, 9.17) is 4.42 Å². The van der Waals surface area contributed by atoms with Crippen LogP contribution in [0.4, 0.5) is 4.79 Å². The maximum Gasteiger partial charge on any atom is 0.318 e. The maximum atomic E-state index is 12.5. The Morgan fingerprint density at radius 2 is 2.30 bits per heavy atom. The second-order valence-corrected chi connectivity index (χ2v) is 5.85. The molecule has 0 radical (unpaired) electrons. The Hall–Kier alpha value is -2.76. The first-order chi connectivity index (χ1) is 11.3. The van der Waals surface area contributed by atoms with Gasteiger partial charge in [-0.05, 0) is 31.0 Å². The standard InChI is InChI=1S/C17H18N4O2/c22-17(21(15-4-5-15)10-13-6-8-23-12-13)18-9-14-11-20-7-2-1-3-16(20)19-14/h1-3,6-8,11-12,15H,4-5,9-10H2,(H,18,22). The van der Waals surface area contributed by atoms with E-state index in [-0.39, 0.29) is 6.03 Å². The molecule has 6 heteroatoms. The minimum absolute atomic E-state index is 0.0502. The van der Waals surface area contributed by atoms with Crippen molar-refractivity contribution >= 4 is 11.7 Å². The molecule has 4 rings (SSSR count). The van der Waals surface area contributed by atoms with Crippen LogP contribution in [-0.4, -0.2) is 26.4 Å². The molecule has 0 unspecified atom stereocenters. The predicted molar refractivity (Wildman–Crippen MR) is 84.7 cm³/mol. The zero-order valence-corrected chi connectivity index (χ0v) is 12.7. The number of amides is 2. The van der Waals surface area contributed by atoms with Crippen molar-refractivity contribution in [1.29, 1.82) is 0 Å². The van der Waals surface area contributed by atoms with E-state index in [0.717, 1.165) is 29.7 Å². The Labute approximate surface area is 133 Å². The van der Waals surface area contributed by atoms with Gasteiger partial charge in [-0.15, -0.1) is 0 Å². The molecule has 0 aromatic carbocycles. The monoisotopic (exact) mass is 310 g/mol. The van der Waals surface area contributed by atoms with Gasteiger partial charge in [0.25, 0.3) is 0 Å². The van der Waals surface area contributed by atoms with Crippen LogP contribution in [0.25, 0.3) is 5.65 Å². The summed E-state index contributed by atoms with van der Waals surface area (Å²) in [6.07, 6.45) is 9.34. The lowest BCUT2D eigenvalue weighted by molar-refractivity contribution is 0.191. The van der Waals surface area contributed by atoms with Crippen LogP contribution in [0.2, 0.25) is 0 Å². The molecule has 1 aliphatic rings. The Kier molecular flexibility index (Phi) is 3.49. The molecule has 1 saturated carbocycles. The van der Waals surface area contributed by atoms with Gasteiger partial charge in [0, 0.05) is 24.0 Å². The van der Waals surface area contributed by atoms with Gasteiger partial charge in [0.2, 0.25) is 0 Å². The van der Waals surface area contributed by atoms with Crippen LogP contribution in [-0.2, 0) is 13.1 Å². The highest BCUT2D eigenvalue weighted by Gasteiger charge is 2.32. The second-order valence-electron chi connectivity index (χ2n) is 5.85. The van der Waals surface area contributed by atoms with E-state index in [1.165, 1.54) is 0 Å². The molecule has 3 aromatic rings. The highest BCUT2D eigenvalue weighted by atomic mass is 16.3. The van der Waals surface area contributed by atoms with Crippen molar-refractivity contribution in [3.05, 3.63) is 60.4 Å². The number of imidazole rings is 1. The first kappa shape index (κ1) is 13.9. The SMILES string of the molecule is O=C(NCc1cn2ccccc2n1)N(Cc1ccoc1)C1CC1. The Morgan fingerprint density at radius 3 is 3.04 bits per heavy atom. The van der Waals surface area contributed by atoms with Gasteiger partial charge in [-0.3, -0.25) is 0 Å². The molecule has 3 heterocycles. The number of carbonyl (C=O) groups is 1. The lowest BCUT2D eigenvalue weighted by Crippen LogP contribution is -2.40. The number of carbonyl (C=O) groups excluding carboxylic acids is 1. The first-order valence-corrected chi connectivity index (χ1v) is 7.78. The summed E-state index contributed by atoms with van der Waals surface area (Å²) in [6, 6.07) is 8.03. The van der Waals surface area contributed by atoms with Gasteiger partial charge in [-0.25, -0.2) is 9.78 Å². The van der Waals surface area contributed by atoms with Crippen LogP contribution < -0.4 is 5.32 Å². The summed E-state index contributed by atoms with van der Waals surface area (Å²) in [7, 11) is 0. The number of hydrogen-bond donors (Lipinski definition) is 1. The van der Waals surface area contributed by atoms with Crippen molar-refractivity contribution in [3.63, 3.8) is 0 Å². The van der Waals surface area contributed by atoms with Crippen LogP contribution >= 0.6 is 0 Å². The van der Waals surface area contributed by atoms with E-state index in [1.54, 1.807) is 12.5 Å². The van der Waals surface area contributed by atoms with E-state index in [9.17, 15) is 4.79 Å². The van der Waals surface area contributed by atoms with Gasteiger partial charge in [-0.1, -0.05) is 6.07 Å². The van der Waals surface area contributed by atoms with Gasteiger partial charge in [-0.2, -0.15) is 0 Å². The summed E-state index contributed by atoms with van der Waals surface area (Å²) >= 11 is 0. The molecule has 6 nitrogen and oxygen atoms in total. The molecule has 2 amide bonds. The topological polar surface area (TPSA) is 62.8 Å². The van der Waals surface area contributed by atoms with Gasteiger partial charge >= 0.3 is 6.03 Å². The molecule has 0 spiro atoms. The Morgan fingerprint density at radius 1 is 1.39 bits per heavy atom. The van der Waals surface area contributed by atoms with Crippen LogP contribution in [0.1, 0.15) is 24.1 Å². The smallest absolute Gasteiger partial charge is 0.318 e. The van der Waals surface area contributed by atoms with Crippen molar-refractivity contribution in [2.24, 2.45) is 0 Å². The van der Waals surface area contributed by atoms with Crippen LogP contribution in [0, 0.1) is 0 Å². The van der Waals surface area contributed by atoms with E-state index in [0.29, 0.717) is 19.1 Å². The van der Waals surface area contributed by atoms with Gasteiger partial charge in [0.05, 0.1) is 31.3 Å². The summed E-state index contributed by atoms with van der Waals surface area (Å²) in [4.78, 5) is 18.9. The minimum Gasteiger partial charge on any atom is -0.472 e. The zero-order valence-electron chi connectivity index (χ0n) is 12.7. The fraction of sp³-hybridized carbons (Fsp3) is 0.294. The number of urea groups is 1. The summed E-state index contributed by atoms with van der Waals surface area (Å²) in [5, 5.41) is 2.97. The minimum atomic E-state index is -0.0502. The fourth-order valence-electron chi connectivity index (χ4n) is 2.67. The van der Waals surface area contributed by atoms with Gasteiger partial charge in [0.15, 0.2) is 0 Å². The molecular formula is C17H18N4O2. The molecular weight excluding hydrogens is 292 g/mol. The number of nitrogens with one attached hydrogen (secondary N) is 1. The third-order valence-corrected chi connectivity index (χ3v) is 4.02. The molecule has 0 atom stereocenters. The molecule has 3 aromatic heterocycles. The highest BCUT2D eigenvalue weighted by molar-refractivity contribution is 5.74. The normalized spacial score (nSPS) is 14.1. The number of hydrogen-bond acceptors (Lipinski definition) is 3. The van der Waals surface area contributed by atoms with Crippen molar-refractivity contribution in [2.45, 2.75) is 32.0 Å². The maximum absolute atomic E-state index is 12.5. The second kappa shape index (κ2) is 5.79. The van der Waals surface area contributed by atoms with Crippen molar-refractivity contribution < 1.29 is 9.21 Å². The van der Waals surface area contributed by atoms with E-state index in [1.807, 2.05) is 46.0 Å². The molecule has 118 valence electrons. The lowest BCUT2D eigenvalue weighted by Gasteiger charge is -2.22. The Bertz CT molecular complexity index is 772. The molecule has 0 bridgehead atoms. The van der Waals surface area contributed by atoms with Crippen LogP contribution in [0.5, 0.6) is 0 Å². The average molecular weight is 310 g/mol. The van der Waals surface area contributed by atoms with Crippen molar-refractivity contribution in [2.75, 3.05) is 0 Å². The van der Waals surface area contributed by atoms with Crippen molar-refractivity contribution in [3.8, 4) is 0 Å². The summed E-state index contributed by atoms with van der Waals surface area (Å²) in [5.41, 5.74) is 2.75. The average Bonchev–Trinajstić information content (AvgIpc) is 3.11. The zero-order chi connectivity index (χ0) is 15.6. The third-order valence-electron chi connectivity index (χ3n) is 4.02. The van der Waals surface area contributed by atoms with Crippen LogP contribution in [0.3, 0.4) is 0 Å². The summed E-state index contributed by atoms with van der Waals surface area (Å²) in [5.74, 6) is 0. The Balaban J connectivity index is 1.41. The largest absolute Gasteiger partial charge is 0.472 e. The van der Waals surface area contributed by atoms with Crippen LogP contribution in [0.15, 0.2) is 53.6 Å². The third kappa shape index (κ3) is 3.06. The number of rotatable bonds is 5. The number of fused-ring (bicyclic) bond motifs is 1. The molecule has 1 aliphatic carbocycles. The number of aromatic nitrogens is 2. The number of pyridine rings is 1. The van der Waals surface area contributed by atoms with E-state index >= 15 is 0 Å². The molecule has 23 heavy (non-hydrogen) atoms. The van der Waals surface area contributed by atoms with Gasteiger partial charge in [0.1, 0.15) is 5.65 Å². The summed E-state index contributed by atoms with van der Waals surface area (Å²) in [6.45, 7) is 1.01.